The Hall–Kier alpha value is -5.05. The van der Waals surface area contributed by atoms with Crippen molar-refractivity contribution in [2.75, 3.05) is 0 Å². The SMILES string of the molecule is Cc1ccc(C)n1-c1ccc(OCc2ccc(C(=O)N/N=C/c3c(C)n([C@H](C)C(=O)O)c4ccccc34)o2)cc1. The molecule has 9 nitrogen and oxygen atoms in total. The third kappa shape index (κ3) is 5.13. The normalized spacial score (nSPS) is 12.2. The molecule has 204 valence electrons. The molecule has 0 spiro atoms. The molecule has 1 amide bonds. The van der Waals surface area contributed by atoms with E-state index in [0.717, 1.165) is 39.2 Å². The standard InChI is InChI=1S/C31H30N4O5/c1-19-9-10-20(2)34(19)23-11-13-24(14-12-23)39-18-25-15-16-29(40-25)30(36)33-32-17-27-21(3)35(22(4)31(37)38)28-8-6-5-7-26(27)28/h5-17,22H,18H2,1-4H3,(H,33,36)(H,37,38)/b32-17+/t22-/m1/s1. The van der Waals surface area contributed by atoms with Crippen LogP contribution in [-0.2, 0) is 11.4 Å². The summed E-state index contributed by atoms with van der Waals surface area (Å²) in [6, 6.07) is 21.9. The Labute approximate surface area is 231 Å². The van der Waals surface area contributed by atoms with E-state index in [9.17, 15) is 14.7 Å². The van der Waals surface area contributed by atoms with Crippen LogP contribution in [0.5, 0.6) is 5.75 Å². The highest BCUT2D eigenvalue weighted by Crippen LogP contribution is 2.28. The Morgan fingerprint density at radius 2 is 1.70 bits per heavy atom. The second-order valence-electron chi connectivity index (χ2n) is 9.60. The molecule has 0 aliphatic rings. The molecule has 40 heavy (non-hydrogen) atoms. The molecule has 0 aliphatic carbocycles. The second kappa shape index (κ2) is 11.0. The number of hydrogen-bond acceptors (Lipinski definition) is 5. The number of hydrazone groups is 1. The van der Waals surface area contributed by atoms with Gasteiger partial charge in [-0.1, -0.05) is 18.2 Å². The number of amides is 1. The third-order valence-electron chi connectivity index (χ3n) is 6.94. The fourth-order valence-corrected chi connectivity index (χ4v) is 4.90. The van der Waals surface area contributed by atoms with Gasteiger partial charge in [-0.25, -0.2) is 10.2 Å². The highest BCUT2D eigenvalue weighted by atomic mass is 16.5. The molecule has 2 aromatic carbocycles. The summed E-state index contributed by atoms with van der Waals surface area (Å²) < 4.78 is 15.4. The molecule has 5 aromatic rings. The van der Waals surface area contributed by atoms with Crippen LogP contribution >= 0.6 is 0 Å². The van der Waals surface area contributed by atoms with Crippen LogP contribution in [0.25, 0.3) is 16.6 Å². The summed E-state index contributed by atoms with van der Waals surface area (Å²) in [4.78, 5) is 24.3. The number of carbonyl (C=O) groups is 2. The summed E-state index contributed by atoms with van der Waals surface area (Å²) in [5.74, 6) is -0.160. The quantitative estimate of drug-likeness (QED) is 0.178. The number of carboxylic acids is 1. The lowest BCUT2D eigenvalue weighted by Gasteiger charge is -2.13. The van der Waals surface area contributed by atoms with E-state index in [2.05, 4.69) is 41.1 Å². The molecule has 3 aromatic heterocycles. The van der Waals surface area contributed by atoms with Gasteiger partial charge in [-0.05, 0) is 82.3 Å². The van der Waals surface area contributed by atoms with E-state index >= 15 is 0 Å². The number of rotatable bonds is 9. The summed E-state index contributed by atoms with van der Waals surface area (Å²) in [7, 11) is 0. The van der Waals surface area contributed by atoms with Crippen molar-refractivity contribution >= 4 is 29.0 Å². The summed E-state index contributed by atoms with van der Waals surface area (Å²) in [5, 5.41) is 14.5. The van der Waals surface area contributed by atoms with Gasteiger partial charge in [-0.2, -0.15) is 5.10 Å². The zero-order valence-electron chi connectivity index (χ0n) is 22.7. The summed E-state index contributed by atoms with van der Waals surface area (Å²) in [6.07, 6.45) is 1.52. The van der Waals surface area contributed by atoms with E-state index in [0.29, 0.717) is 11.5 Å². The number of nitrogens with one attached hydrogen (secondary N) is 1. The molecule has 5 rings (SSSR count). The van der Waals surface area contributed by atoms with Gasteiger partial charge in [0.1, 0.15) is 24.2 Å². The number of ether oxygens (including phenoxy) is 1. The molecule has 0 fully saturated rings. The van der Waals surface area contributed by atoms with Gasteiger partial charge in [0.2, 0.25) is 0 Å². The number of aliphatic carboxylic acids is 1. The van der Waals surface area contributed by atoms with Gasteiger partial charge in [0.25, 0.3) is 0 Å². The van der Waals surface area contributed by atoms with E-state index in [-0.39, 0.29) is 12.4 Å². The van der Waals surface area contributed by atoms with Crippen LogP contribution in [-0.4, -0.2) is 32.3 Å². The number of nitrogens with zero attached hydrogens (tertiary/aromatic N) is 3. The number of aryl methyl sites for hydroxylation is 2. The number of furan rings is 1. The number of aromatic nitrogens is 2. The number of para-hydroxylation sites is 1. The first-order valence-corrected chi connectivity index (χ1v) is 12.9. The van der Waals surface area contributed by atoms with Gasteiger partial charge in [0.05, 0.1) is 6.21 Å². The Kier molecular flexibility index (Phi) is 7.29. The average Bonchev–Trinajstić information content (AvgIpc) is 3.63. The minimum atomic E-state index is -0.933. The molecule has 0 saturated heterocycles. The topological polar surface area (TPSA) is 111 Å². The van der Waals surface area contributed by atoms with Gasteiger partial charge >= 0.3 is 11.9 Å². The summed E-state index contributed by atoms with van der Waals surface area (Å²) >= 11 is 0. The Balaban J connectivity index is 1.22. The number of carbonyl (C=O) groups excluding carboxylic acids is 1. The van der Waals surface area contributed by atoms with Crippen molar-refractivity contribution in [2.24, 2.45) is 5.10 Å². The largest absolute Gasteiger partial charge is 0.486 e. The first-order chi connectivity index (χ1) is 19.2. The van der Waals surface area contributed by atoms with Crippen molar-refractivity contribution in [3.8, 4) is 11.4 Å². The number of carboxylic acid groups (broad SMARTS) is 1. The van der Waals surface area contributed by atoms with Crippen LogP contribution in [0.4, 0.5) is 0 Å². The van der Waals surface area contributed by atoms with E-state index in [4.69, 9.17) is 9.15 Å². The van der Waals surface area contributed by atoms with Crippen LogP contribution in [0.2, 0.25) is 0 Å². The van der Waals surface area contributed by atoms with Crippen LogP contribution in [0.3, 0.4) is 0 Å². The average molecular weight is 539 g/mol. The molecule has 9 heteroatoms. The van der Waals surface area contributed by atoms with Crippen LogP contribution in [0.15, 0.2) is 82.3 Å². The third-order valence-corrected chi connectivity index (χ3v) is 6.94. The number of fused-ring (bicyclic) bond motifs is 1. The minimum Gasteiger partial charge on any atom is -0.486 e. The van der Waals surface area contributed by atoms with E-state index < -0.39 is 17.9 Å². The molecular weight excluding hydrogens is 508 g/mol. The Morgan fingerprint density at radius 3 is 2.40 bits per heavy atom. The monoisotopic (exact) mass is 538 g/mol. The predicted octanol–water partition coefficient (Wildman–Crippen LogP) is 5.94. The lowest BCUT2D eigenvalue weighted by Crippen LogP contribution is -2.17. The smallest absolute Gasteiger partial charge is 0.326 e. The van der Waals surface area contributed by atoms with Crippen molar-refractivity contribution < 1.29 is 23.8 Å². The van der Waals surface area contributed by atoms with Gasteiger partial charge < -0.3 is 23.4 Å². The fourth-order valence-electron chi connectivity index (χ4n) is 4.90. The van der Waals surface area contributed by atoms with Crippen molar-refractivity contribution in [1.29, 1.82) is 0 Å². The molecule has 3 heterocycles. The van der Waals surface area contributed by atoms with Crippen LogP contribution in [0.1, 0.15) is 51.9 Å². The fraction of sp³-hybridized carbons (Fsp3) is 0.194. The lowest BCUT2D eigenvalue weighted by atomic mass is 10.1. The van der Waals surface area contributed by atoms with E-state index in [1.165, 1.54) is 6.21 Å². The molecule has 0 aliphatic heterocycles. The summed E-state index contributed by atoms with van der Waals surface area (Å²) in [6.45, 7) is 7.75. The molecule has 0 bridgehead atoms. The maximum absolute atomic E-state index is 12.6. The van der Waals surface area contributed by atoms with E-state index in [1.807, 2.05) is 55.5 Å². The predicted molar refractivity (Wildman–Crippen MR) is 152 cm³/mol. The molecule has 0 unspecified atom stereocenters. The highest BCUT2D eigenvalue weighted by molar-refractivity contribution is 6.02. The minimum absolute atomic E-state index is 0.100. The zero-order valence-corrected chi connectivity index (χ0v) is 22.7. The van der Waals surface area contributed by atoms with Gasteiger partial charge in [0, 0.05) is 39.2 Å². The maximum atomic E-state index is 12.6. The maximum Gasteiger partial charge on any atom is 0.326 e. The molecule has 0 radical (unpaired) electrons. The number of benzene rings is 2. The summed E-state index contributed by atoms with van der Waals surface area (Å²) in [5.41, 5.74) is 8.10. The molecule has 2 N–H and O–H groups in total. The Morgan fingerprint density at radius 1 is 1.00 bits per heavy atom. The van der Waals surface area contributed by atoms with Crippen LogP contribution < -0.4 is 10.2 Å². The van der Waals surface area contributed by atoms with E-state index in [1.54, 1.807) is 23.6 Å². The van der Waals surface area contributed by atoms with Crippen molar-refractivity contribution in [3.63, 3.8) is 0 Å². The first kappa shape index (κ1) is 26.6. The molecule has 0 saturated carbocycles. The van der Waals surface area contributed by atoms with Gasteiger partial charge in [-0.3, -0.25) is 4.79 Å². The van der Waals surface area contributed by atoms with Gasteiger partial charge in [0.15, 0.2) is 5.76 Å². The second-order valence-corrected chi connectivity index (χ2v) is 9.60. The van der Waals surface area contributed by atoms with Crippen molar-refractivity contribution in [1.82, 2.24) is 14.6 Å². The first-order valence-electron chi connectivity index (χ1n) is 12.9. The van der Waals surface area contributed by atoms with Crippen LogP contribution in [0, 0.1) is 20.8 Å². The van der Waals surface area contributed by atoms with Crippen molar-refractivity contribution in [2.45, 2.75) is 40.3 Å². The number of hydrogen-bond donors (Lipinski definition) is 2. The lowest BCUT2D eigenvalue weighted by molar-refractivity contribution is -0.140. The zero-order chi connectivity index (χ0) is 28.4. The van der Waals surface area contributed by atoms with Crippen molar-refractivity contribution in [3.05, 3.63) is 107 Å². The highest BCUT2D eigenvalue weighted by Gasteiger charge is 2.21. The molecule has 1 atom stereocenters. The molecular formula is C31H30N4O5. The Bertz CT molecular complexity index is 1700. The van der Waals surface area contributed by atoms with Gasteiger partial charge in [-0.15, -0.1) is 0 Å².